The van der Waals surface area contributed by atoms with E-state index in [2.05, 4.69) is 10.3 Å². The molecule has 0 saturated heterocycles. The Morgan fingerprint density at radius 2 is 1.84 bits per heavy atom. The normalized spacial score (nSPS) is 10.7. The molecule has 0 aliphatic rings. The van der Waals surface area contributed by atoms with E-state index in [1.165, 1.54) is 4.68 Å². The predicted molar refractivity (Wildman–Crippen MR) is 70.0 cm³/mol. The molecule has 2 aromatic carbocycles. The largest absolute Gasteiger partial charge is 0.508 e. The first-order valence-corrected chi connectivity index (χ1v) is 5.85. The number of nitrogens with zero attached hydrogens (tertiary/aromatic N) is 3. The minimum Gasteiger partial charge on any atom is -0.508 e. The van der Waals surface area contributed by atoms with E-state index in [1.54, 1.807) is 24.3 Å². The van der Waals surface area contributed by atoms with E-state index in [0.29, 0.717) is 11.0 Å². The molecule has 0 atom stereocenters. The Labute approximate surface area is 109 Å². The standard InChI is InChI=1S/C14H11N3O2/c18-11-7-5-10(6-8-11)9-14(19)17-13-4-2-1-3-12(13)15-16-17/h1-8,18H,9H2. The van der Waals surface area contributed by atoms with Gasteiger partial charge in [-0.3, -0.25) is 4.79 Å². The highest BCUT2D eigenvalue weighted by Gasteiger charge is 2.11. The maximum atomic E-state index is 12.2. The van der Waals surface area contributed by atoms with Gasteiger partial charge in [-0.05, 0) is 29.8 Å². The minimum absolute atomic E-state index is 0.153. The number of aromatic nitrogens is 3. The van der Waals surface area contributed by atoms with Crippen LogP contribution in [0.1, 0.15) is 10.4 Å². The van der Waals surface area contributed by atoms with Crippen molar-refractivity contribution in [3.8, 4) is 5.75 Å². The maximum absolute atomic E-state index is 12.2. The van der Waals surface area contributed by atoms with Crippen LogP contribution in [0.4, 0.5) is 0 Å². The van der Waals surface area contributed by atoms with Gasteiger partial charge in [-0.15, -0.1) is 5.10 Å². The molecule has 3 rings (SSSR count). The van der Waals surface area contributed by atoms with Crippen molar-refractivity contribution in [2.75, 3.05) is 0 Å². The summed E-state index contributed by atoms with van der Waals surface area (Å²) < 4.78 is 1.31. The number of phenols is 1. The Kier molecular flexibility index (Phi) is 2.72. The molecule has 0 radical (unpaired) electrons. The second kappa shape index (κ2) is 4.53. The molecule has 1 N–H and O–H groups in total. The molecule has 5 nitrogen and oxygen atoms in total. The van der Waals surface area contributed by atoms with Crippen molar-refractivity contribution in [1.82, 2.24) is 15.0 Å². The molecule has 0 fully saturated rings. The van der Waals surface area contributed by atoms with Crippen LogP contribution in [-0.4, -0.2) is 26.0 Å². The summed E-state index contributed by atoms with van der Waals surface area (Å²) in [5.74, 6) is 0.0294. The number of hydrogen-bond donors (Lipinski definition) is 1. The SMILES string of the molecule is O=C(Cc1ccc(O)cc1)n1nnc2ccccc21. The molecule has 94 valence electrons. The van der Waals surface area contributed by atoms with Crippen LogP contribution in [0, 0.1) is 0 Å². The first-order valence-electron chi connectivity index (χ1n) is 5.85. The van der Waals surface area contributed by atoms with Crippen molar-refractivity contribution >= 4 is 16.9 Å². The van der Waals surface area contributed by atoms with Crippen molar-refractivity contribution in [3.05, 3.63) is 54.1 Å². The number of carbonyl (C=O) groups is 1. The van der Waals surface area contributed by atoms with Crippen LogP contribution in [0.2, 0.25) is 0 Å². The first kappa shape index (κ1) is 11.4. The summed E-state index contributed by atoms with van der Waals surface area (Å²) in [5.41, 5.74) is 2.22. The fourth-order valence-electron chi connectivity index (χ4n) is 1.92. The molecular weight excluding hydrogens is 242 g/mol. The summed E-state index contributed by atoms with van der Waals surface area (Å²) in [6.07, 6.45) is 0.216. The highest BCUT2D eigenvalue weighted by atomic mass is 16.3. The van der Waals surface area contributed by atoms with Gasteiger partial charge in [0.15, 0.2) is 0 Å². The summed E-state index contributed by atoms with van der Waals surface area (Å²) in [4.78, 5) is 12.2. The van der Waals surface area contributed by atoms with Crippen molar-refractivity contribution < 1.29 is 9.90 Å². The second-order valence-corrected chi connectivity index (χ2v) is 4.23. The molecule has 0 bridgehead atoms. The van der Waals surface area contributed by atoms with Gasteiger partial charge in [-0.2, -0.15) is 4.68 Å². The van der Waals surface area contributed by atoms with Gasteiger partial charge < -0.3 is 5.11 Å². The van der Waals surface area contributed by atoms with Crippen molar-refractivity contribution in [2.45, 2.75) is 6.42 Å². The monoisotopic (exact) mass is 253 g/mol. The zero-order chi connectivity index (χ0) is 13.2. The summed E-state index contributed by atoms with van der Waals surface area (Å²) in [5, 5.41) is 17.0. The van der Waals surface area contributed by atoms with E-state index in [-0.39, 0.29) is 18.1 Å². The van der Waals surface area contributed by atoms with Crippen LogP contribution in [-0.2, 0) is 6.42 Å². The average Bonchev–Trinajstić information content (AvgIpc) is 2.85. The van der Waals surface area contributed by atoms with Gasteiger partial charge in [0.25, 0.3) is 5.91 Å². The molecule has 19 heavy (non-hydrogen) atoms. The zero-order valence-corrected chi connectivity index (χ0v) is 10.0. The Morgan fingerprint density at radius 3 is 2.63 bits per heavy atom. The van der Waals surface area contributed by atoms with Gasteiger partial charge >= 0.3 is 0 Å². The van der Waals surface area contributed by atoms with Gasteiger partial charge in [-0.1, -0.05) is 29.5 Å². The molecule has 5 heteroatoms. The number of benzene rings is 2. The van der Waals surface area contributed by atoms with Gasteiger partial charge in [0, 0.05) is 0 Å². The lowest BCUT2D eigenvalue weighted by Gasteiger charge is -2.02. The van der Waals surface area contributed by atoms with E-state index in [9.17, 15) is 9.90 Å². The predicted octanol–water partition coefficient (Wildman–Crippen LogP) is 2.02. The van der Waals surface area contributed by atoms with Crippen molar-refractivity contribution in [1.29, 1.82) is 0 Å². The molecule has 0 aliphatic heterocycles. The number of fused-ring (bicyclic) bond motifs is 1. The molecule has 0 spiro atoms. The van der Waals surface area contributed by atoms with E-state index >= 15 is 0 Å². The average molecular weight is 253 g/mol. The smallest absolute Gasteiger partial charge is 0.253 e. The zero-order valence-electron chi connectivity index (χ0n) is 10.0. The van der Waals surface area contributed by atoms with Gasteiger partial charge in [0.05, 0.1) is 11.9 Å². The van der Waals surface area contributed by atoms with E-state index < -0.39 is 0 Å². The molecule has 1 aromatic heterocycles. The van der Waals surface area contributed by atoms with Crippen LogP contribution < -0.4 is 0 Å². The van der Waals surface area contributed by atoms with E-state index in [1.807, 2.05) is 24.3 Å². The highest BCUT2D eigenvalue weighted by molar-refractivity contribution is 5.89. The van der Waals surface area contributed by atoms with Crippen LogP contribution in [0.25, 0.3) is 11.0 Å². The third-order valence-electron chi connectivity index (χ3n) is 2.88. The lowest BCUT2D eigenvalue weighted by molar-refractivity contribution is 0.0901. The van der Waals surface area contributed by atoms with Gasteiger partial charge in [0.1, 0.15) is 11.3 Å². The Balaban J connectivity index is 1.90. The Hall–Kier alpha value is -2.69. The maximum Gasteiger partial charge on any atom is 0.253 e. The van der Waals surface area contributed by atoms with Crippen molar-refractivity contribution in [2.24, 2.45) is 0 Å². The van der Waals surface area contributed by atoms with E-state index in [4.69, 9.17) is 0 Å². The molecule has 0 unspecified atom stereocenters. The third kappa shape index (κ3) is 2.18. The number of rotatable bonds is 2. The van der Waals surface area contributed by atoms with Crippen LogP contribution in [0.15, 0.2) is 48.5 Å². The molecule has 0 saturated carbocycles. The first-order chi connectivity index (χ1) is 9.24. The molecule has 0 amide bonds. The number of para-hydroxylation sites is 1. The fraction of sp³-hybridized carbons (Fsp3) is 0.0714. The number of phenolic OH excluding ortho intramolecular Hbond substituents is 1. The summed E-state index contributed by atoms with van der Waals surface area (Å²) >= 11 is 0. The topological polar surface area (TPSA) is 68.0 Å². The number of hydrogen-bond acceptors (Lipinski definition) is 4. The summed E-state index contributed by atoms with van der Waals surface area (Å²) in [7, 11) is 0. The third-order valence-corrected chi connectivity index (χ3v) is 2.88. The molecule has 0 aliphatic carbocycles. The lowest BCUT2D eigenvalue weighted by Crippen LogP contribution is -2.15. The van der Waals surface area contributed by atoms with Gasteiger partial charge in [-0.25, -0.2) is 0 Å². The second-order valence-electron chi connectivity index (χ2n) is 4.23. The van der Waals surface area contributed by atoms with Crippen LogP contribution in [0.5, 0.6) is 5.75 Å². The lowest BCUT2D eigenvalue weighted by atomic mass is 10.1. The molecule has 1 heterocycles. The summed E-state index contributed by atoms with van der Waals surface area (Å²) in [6, 6.07) is 13.9. The van der Waals surface area contributed by atoms with Gasteiger partial charge in [0.2, 0.25) is 0 Å². The minimum atomic E-state index is -0.153. The number of carbonyl (C=O) groups excluding carboxylic acids is 1. The summed E-state index contributed by atoms with van der Waals surface area (Å²) in [6.45, 7) is 0. The number of aromatic hydroxyl groups is 1. The Morgan fingerprint density at radius 1 is 1.11 bits per heavy atom. The highest BCUT2D eigenvalue weighted by Crippen LogP contribution is 2.13. The van der Waals surface area contributed by atoms with Crippen LogP contribution in [0.3, 0.4) is 0 Å². The fourth-order valence-corrected chi connectivity index (χ4v) is 1.92. The van der Waals surface area contributed by atoms with Crippen LogP contribution >= 0.6 is 0 Å². The molecule has 3 aromatic rings. The van der Waals surface area contributed by atoms with E-state index in [0.717, 1.165) is 5.56 Å². The Bertz CT molecular complexity index is 732. The quantitative estimate of drug-likeness (QED) is 0.758. The van der Waals surface area contributed by atoms with Crippen molar-refractivity contribution in [3.63, 3.8) is 0 Å². The molecular formula is C14H11N3O2.